The van der Waals surface area contributed by atoms with E-state index in [9.17, 15) is 9.18 Å². The molecule has 0 amide bonds. The van der Waals surface area contributed by atoms with Crippen LogP contribution >= 0.6 is 0 Å². The van der Waals surface area contributed by atoms with Crippen molar-refractivity contribution in [1.82, 2.24) is 4.90 Å². The molecular formula is C12H16FNO2. The molecule has 0 radical (unpaired) electrons. The summed E-state index contributed by atoms with van der Waals surface area (Å²) in [5.41, 5.74) is 0.671. The second-order valence-electron chi connectivity index (χ2n) is 3.79. The molecule has 1 N–H and O–H groups in total. The van der Waals surface area contributed by atoms with Gasteiger partial charge < -0.3 is 10.0 Å². The normalized spacial score (nSPS) is 10.7. The van der Waals surface area contributed by atoms with E-state index in [0.717, 1.165) is 0 Å². The Morgan fingerprint density at radius 1 is 1.38 bits per heavy atom. The van der Waals surface area contributed by atoms with Crippen LogP contribution in [0, 0.1) is 5.82 Å². The van der Waals surface area contributed by atoms with E-state index in [4.69, 9.17) is 5.11 Å². The quantitative estimate of drug-likeness (QED) is 0.802. The van der Waals surface area contributed by atoms with Crippen molar-refractivity contribution in [2.45, 2.75) is 12.8 Å². The summed E-state index contributed by atoms with van der Waals surface area (Å²) >= 11 is 0. The molecule has 0 unspecified atom stereocenters. The first-order valence-electron chi connectivity index (χ1n) is 5.23. The Hall–Kier alpha value is -1.42. The molecule has 1 rings (SSSR count). The van der Waals surface area contributed by atoms with Crippen molar-refractivity contribution in [3.05, 3.63) is 35.6 Å². The average Bonchev–Trinajstić information content (AvgIpc) is 2.25. The van der Waals surface area contributed by atoms with Gasteiger partial charge in [-0.2, -0.15) is 0 Å². The highest BCUT2D eigenvalue weighted by atomic mass is 19.1. The van der Waals surface area contributed by atoms with Gasteiger partial charge in [-0.15, -0.1) is 0 Å². The molecule has 0 aliphatic heterocycles. The van der Waals surface area contributed by atoms with E-state index in [1.807, 2.05) is 11.9 Å². The highest BCUT2D eigenvalue weighted by Crippen LogP contribution is 2.07. The molecule has 88 valence electrons. The van der Waals surface area contributed by atoms with Crippen molar-refractivity contribution >= 4 is 5.97 Å². The molecule has 0 fully saturated rings. The second kappa shape index (κ2) is 6.23. The van der Waals surface area contributed by atoms with Gasteiger partial charge in [-0.1, -0.05) is 18.2 Å². The van der Waals surface area contributed by atoms with E-state index >= 15 is 0 Å². The summed E-state index contributed by atoms with van der Waals surface area (Å²) in [5.74, 6) is -1.01. The van der Waals surface area contributed by atoms with E-state index in [1.54, 1.807) is 18.2 Å². The summed E-state index contributed by atoms with van der Waals surface area (Å²) in [7, 11) is 1.84. The molecule has 4 heteroatoms. The summed E-state index contributed by atoms with van der Waals surface area (Å²) < 4.78 is 13.2. The fraction of sp³-hybridized carbons (Fsp3) is 0.417. The molecule has 0 saturated heterocycles. The number of carboxylic acids is 1. The van der Waals surface area contributed by atoms with Gasteiger partial charge in [-0.3, -0.25) is 4.79 Å². The van der Waals surface area contributed by atoms with Gasteiger partial charge in [-0.05, 0) is 25.1 Å². The molecule has 0 saturated carbocycles. The fourth-order valence-electron chi connectivity index (χ4n) is 1.41. The van der Waals surface area contributed by atoms with Gasteiger partial charge in [-0.25, -0.2) is 4.39 Å². The zero-order valence-electron chi connectivity index (χ0n) is 9.32. The zero-order chi connectivity index (χ0) is 12.0. The molecule has 1 aromatic rings. The molecule has 0 bridgehead atoms. The van der Waals surface area contributed by atoms with Gasteiger partial charge in [0.05, 0.1) is 6.42 Å². The molecule has 0 heterocycles. The highest BCUT2D eigenvalue weighted by molar-refractivity contribution is 5.66. The number of aliphatic carboxylic acids is 1. The Kier molecular flexibility index (Phi) is 4.92. The van der Waals surface area contributed by atoms with Gasteiger partial charge in [0.2, 0.25) is 0 Å². The van der Waals surface area contributed by atoms with Gasteiger partial charge >= 0.3 is 5.97 Å². The molecule has 16 heavy (non-hydrogen) atoms. The lowest BCUT2D eigenvalue weighted by Gasteiger charge is -2.15. The first-order valence-corrected chi connectivity index (χ1v) is 5.23. The Morgan fingerprint density at radius 3 is 2.69 bits per heavy atom. The number of halogens is 1. The number of hydrogen-bond donors (Lipinski definition) is 1. The van der Waals surface area contributed by atoms with Crippen LogP contribution in [0.2, 0.25) is 0 Å². The van der Waals surface area contributed by atoms with Crippen LogP contribution in [0.3, 0.4) is 0 Å². The maximum Gasteiger partial charge on any atom is 0.304 e. The van der Waals surface area contributed by atoms with Gasteiger partial charge in [0, 0.05) is 13.1 Å². The van der Waals surface area contributed by atoms with Gasteiger partial charge in [0.1, 0.15) is 5.82 Å². The van der Waals surface area contributed by atoms with Crippen molar-refractivity contribution in [3.63, 3.8) is 0 Å². The monoisotopic (exact) mass is 225 g/mol. The van der Waals surface area contributed by atoms with E-state index < -0.39 is 5.97 Å². The first kappa shape index (κ1) is 12.6. The average molecular weight is 225 g/mol. The Bertz CT molecular complexity index is 355. The molecule has 3 nitrogen and oxygen atoms in total. The van der Waals surface area contributed by atoms with Gasteiger partial charge in [0.15, 0.2) is 0 Å². The minimum atomic E-state index is -0.808. The standard InChI is InChI=1S/C12H16FNO2/c1-14(9-7-12(15)16)8-6-10-4-2-3-5-11(10)13/h2-5H,6-9H2,1H3,(H,15,16). The van der Waals surface area contributed by atoms with Gasteiger partial charge in [0.25, 0.3) is 0 Å². The van der Waals surface area contributed by atoms with E-state index in [2.05, 4.69) is 0 Å². The van der Waals surface area contributed by atoms with Crippen molar-refractivity contribution < 1.29 is 14.3 Å². The molecule has 0 aliphatic carbocycles. The number of carbonyl (C=O) groups is 1. The first-order chi connectivity index (χ1) is 7.59. The number of likely N-dealkylation sites (N-methyl/N-ethyl adjacent to an activating group) is 1. The topological polar surface area (TPSA) is 40.5 Å². The van der Waals surface area contributed by atoms with Crippen LogP contribution in [-0.4, -0.2) is 36.1 Å². The Balaban J connectivity index is 2.34. The summed E-state index contributed by atoms with van der Waals surface area (Å²) in [4.78, 5) is 12.2. The van der Waals surface area contributed by atoms with E-state index in [-0.39, 0.29) is 12.2 Å². The summed E-state index contributed by atoms with van der Waals surface area (Å²) in [5, 5.41) is 8.51. The maximum atomic E-state index is 13.2. The lowest BCUT2D eigenvalue weighted by Crippen LogP contribution is -2.24. The van der Waals surface area contributed by atoms with Crippen molar-refractivity contribution in [3.8, 4) is 0 Å². The smallest absolute Gasteiger partial charge is 0.304 e. The van der Waals surface area contributed by atoms with Crippen LogP contribution < -0.4 is 0 Å². The fourth-order valence-corrected chi connectivity index (χ4v) is 1.41. The molecule has 0 aliphatic rings. The van der Waals surface area contributed by atoms with Crippen LogP contribution in [0.5, 0.6) is 0 Å². The van der Waals surface area contributed by atoms with Crippen molar-refractivity contribution in [1.29, 1.82) is 0 Å². The molecule has 0 aromatic heterocycles. The van der Waals surface area contributed by atoms with Crippen LogP contribution in [0.1, 0.15) is 12.0 Å². The summed E-state index contributed by atoms with van der Waals surface area (Å²) in [6.45, 7) is 1.15. The largest absolute Gasteiger partial charge is 0.481 e. The van der Waals surface area contributed by atoms with E-state index in [0.29, 0.717) is 25.1 Å². The number of hydrogen-bond acceptors (Lipinski definition) is 2. The second-order valence-corrected chi connectivity index (χ2v) is 3.79. The highest BCUT2D eigenvalue weighted by Gasteiger charge is 2.05. The number of nitrogens with zero attached hydrogens (tertiary/aromatic N) is 1. The minimum absolute atomic E-state index is 0.119. The number of rotatable bonds is 6. The lowest BCUT2D eigenvalue weighted by atomic mass is 10.1. The van der Waals surface area contributed by atoms with Crippen LogP contribution in [0.15, 0.2) is 24.3 Å². The predicted molar refractivity (Wildman–Crippen MR) is 59.9 cm³/mol. The van der Waals surface area contributed by atoms with Crippen molar-refractivity contribution in [2.75, 3.05) is 20.1 Å². The van der Waals surface area contributed by atoms with E-state index in [1.165, 1.54) is 6.07 Å². The minimum Gasteiger partial charge on any atom is -0.481 e. The third-order valence-electron chi connectivity index (χ3n) is 2.43. The summed E-state index contributed by atoms with van der Waals surface area (Å²) in [6.07, 6.45) is 0.719. The maximum absolute atomic E-state index is 13.2. The SMILES string of the molecule is CN(CCC(=O)O)CCc1ccccc1F. The molecule has 1 aromatic carbocycles. The predicted octanol–water partition coefficient (Wildman–Crippen LogP) is 1.77. The van der Waals surface area contributed by atoms with Crippen LogP contribution in [0.4, 0.5) is 4.39 Å². The molecule has 0 atom stereocenters. The Morgan fingerprint density at radius 2 is 2.06 bits per heavy atom. The zero-order valence-corrected chi connectivity index (χ0v) is 9.32. The van der Waals surface area contributed by atoms with Crippen molar-refractivity contribution in [2.24, 2.45) is 0 Å². The molecule has 0 spiro atoms. The third kappa shape index (κ3) is 4.40. The number of carboxylic acid groups (broad SMARTS) is 1. The lowest BCUT2D eigenvalue weighted by molar-refractivity contribution is -0.137. The van der Waals surface area contributed by atoms with Crippen LogP contribution in [-0.2, 0) is 11.2 Å². The third-order valence-corrected chi connectivity index (χ3v) is 2.43. The molecular weight excluding hydrogens is 209 g/mol. The summed E-state index contributed by atoms with van der Waals surface area (Å²) in [6, 6.07) is 6.65. The van der Waals surface area contributed by atoms with Crippen LogP contribution in [0.25, 0.3) is 0 Å². The number of benzene rings is 1. The Labute approximate surface area is 94.5 Å².